The average Bonchev–Trinajstić information content (AvgIpc) is 2.29. The van der Waals surface area contributed by atoms with Crippen molar-refractivity contribution in [2.24, 2.45) is 11.8 Å². The van der Waals surface area contributed by atoms with Crippen molar-refractivity contribution in [2.45, 2.75) is 27.7 Å². The molecule has 1 aromatic rings. The van der Waals surface area contributed by atoms with Crippen molar-refractivity contribution in [3.05, 3.63) is 35.7 Å². The summed E-state index contributed by atoms with van der Waals surface area (Å²) in [6.07, 6.45) is 0. The Morgan fingerprint density at radius 3 is 2.39 bits per heavy atom. The van der Waals surface area contributed by atoms with Crippen LogP contribution in [0.5, 0.6) is 5.75 Å². The maximum absolute atomic E-state index is 6.13. The van der Waals surface area contributed by atoms with Gasteiger partial charge in [0.2, 0.25) is 0 Å². The summed E-state index contributed by atoms with van der Waals surface area (Å²) in [5.74, 6) is 2.73. The number of anilines is 1. The Morgan fingerprint density at radius 2 is 1.72 bits per heavy atom. The minimum Gasteiger partial charge on any atom is -0.457 e. The molecule has 0 saturated heterocycles. The van der Waals surface area contributed by atoms with Crippen LogP contribution in [0.1, 0.15) is 27.7 Å². The third-order valence-corrected chi connectivity index (χ3v) is 3.03. The second-order valence-electron chi connectivity index (χ2n) is 5.22. The van der Waals surface area contributed by atoms with Gasteiger partial charge in [0.05, 0.1) is 18.1 Å². The number of hydrogen-bond acceptors (Lipinski definition) is 3. The van der Waals surface area contributed by atoms with Gasteiger partial charge in [-0.25, -0.2) is 0 Å². The van der Waals surface area contributed by atoms with Gasteiger partial charge in [-0.2, -0.15) is 0 Å². The third kappa shape index (κ3) is 2.61. The van der Waals surface area contributed by atoms with E-state index in [2.05, 4.69) is 38.3 Å². The summed E-state index contributed by atoms with van der Waals surface area (Å²) >= 11 is 0. The van der Waals surface area contributed by atoms with Gasteiger partial charge < -0.3 is 15.4 Å². The molecule has 0 radical (unpaired) electrons. The minimum atomic E-state index is 0.362. The topological polar surface area (TPSA) is 33.3 Å². The van der Waals surface area contributed by atoms with Gasteiger partial charge >= 0.3 is 0 Å². The van der Waals surface area contributed by atoms with Gasteiger partial charge in [0, 0.05) is 5.92 Å². The number of allylic oxidation sites excluding steroid dienone is 2. The Labute approximate surface area is 109 Å². The molecule has 1 aliphatic heterocycles. The summed E-state index contributed by atoms with van der Waals surface area (Å²) in [6, 6.07) is 8.06. The lowest BCUT2D eigenvalue weighted by atomic mass is 10.0. The molecule has 0 aromatic heterocycles. The second-order valence-corrected chi connectivity index (χ2v) is 5.22. The summed E-state index contributed by atoms with van der Waals surface area (Å²) in [4.78, 5) is 0. The van der Waals surface area contributed by atoms with Gasteiger partial charge in [-0.1, -0.05) is 39.8 Å². The van der Waals surface area contributed by atoms with E-state index in [1.807, 2.05) is 24.3 Å². The quantitative estimate of drug-likeness (QED) is 0.837. The molecule has 0 amide bonds. The third-order valence-electron chi connectivity index (χ3n) is 3.03. The Morgan fingerprint density at radius 1 is 1.00 bits per heavy atom. The second kappa shape index (κ2) is 5.34. The molecule has 0 aliphatic carbocycles. The maximum atomic E-state index is 6.13. The SMILES string of the molecule is CC(C)/C1=C(\C(C)C)Oc2ccccc2NCN1. The van der Waals surface area contributed by atoms with Crippen molar-refractivity contribution in [3.8, 4) is 5.75 Å². The van der Waals surface area contributed by atoms with E-state index in [1.54, 1.807) is 0 Å². The van der Waals surface area contributed by atoms with E-state index in [1.165, 1.54) is 5.70 Å². The van der Waals surface area contributed by atoms with Gasteiger partial charge in [-0.15, -0.1) is 0 Å². The van der Waals surface area contributed by atoms with E-state index < -0.39 is 0 Å². The highest BCUT2D eigenvalue weighted by Gasteiger charge is 2.19. The van der Waals surface area contributed by atoms with Crippen LogP contribution < -0.4 is 15.4 Å². The lowest BCUT2D eigenvalue weighted by Crippen LogP contribution is -2.30. The first kappa shape index (κ1) is 12.8. The van der Waals surface area contributed by atoms with Crippen molar-refractivity contribution < 1.29 is 4.74 Å². The monoisotopic (exact) mass is 246 g/mol. The highest BCUT2D eigenvalue weighted by Crippen LogP contribution is 2.31. The Kier molecular flexibility index (Phi) is 3.80. The van der Waals surface area contributed by atoms with Crippen LogP contribution in [0.25, 0.3) is 0 Å². The summed E-state index contributed by atoms with van der Waals surface area (Å²) in [5, 5.41) is 6.78. The first-order chi connectivity index (χ1) is 8.59. The van der Waals surface area contributed by atoms with Gasteiger partial charge in [-0.3, -0.25) is 0 Å². The number of nitrogens with one attached hydrogen (secondary N) is 2. The standard InChI is InChI=1S/C15H22N2O/c1-10(2)14-15(11(3)4)18-13-8-6-5-7-12(13)16-9-17-14/h5-8,10-11,16-17H,9H2,1-4H3/b15-14-. The maximum Gasteiger partial charge on any atom is 0.150 e. The molecule has 1 aliphatic rings. The molecule has 2 rings (SSSR count). The van der Waals surface area contributed by atoms with Crippen LogP contribution in [0.15, 0.2) is 35.7 Å². The molecule has 0 spiro atoms. The van der Waals surface area contributed by atoms with Crippen LogP contribution in [-0.4, -0.2) is 6.67 Å². The molecule has 18 heavy (non-hydrogen) atoms. The van der Waals surface area contributed by atoms with Gasteiger partial charge in [-0.05, 0) is 18.1 Å². The van der Waals surface area contributed by atoms with Crippen LogP contribution in [0, 0.1) is 11.8 Å². The van der Waals surface area contributed by atoms with Gasteiger partial charge in [0.25, 0.3) is 0 Å². The van der Waals surface area contributed by atoms with Gasteiger partial charge in [0.1, 0.15) is 11.5 Å². The first-order valence-corrected chi connectivity index (χ1v) is 6.58. The predicted molar refractivity (Wildman–Crippen MR) is 75.4 cm³/mol. The van der Waals surface area contributed by atoms with Crippen molar-refractivity contribution >= 4 is 5.69 Å². The molecular formula is C15H22N2O. The number of para-hydroxylation sites is 2. The Bertz CT molecular complexity index is 450. The molecule has 3 nitrogen and oxygen atoms in total. The summed E-state index contributed by atoms with van der Waals surface area (Å²) in [6.45, 7) is 9.42. The molecule has 98 valence electrons. The number of ether oxygens (including phenoxy) is 1. The smallest absolute Gasteiger partial charge is 0.150 e. The van der Waals surface area contributed by atoms with Crippen molar-refractivity contribution in [2.75, 3.05) is 12.0 Å². The highest BCUT2D eigenvalue weighted by molar-refractivity contribution is 5.57. The fourth-order valence-corrected chi connectivity index (χ4v) is 2.11. The minimum absolute atomic E-state index is 0.362. The molecule has 0 bridgehead atoms. The predicted octanol–water partition coefficient (Wildman–Crippen LogP) is 3.56. The number of hydrogen-bond donors (Lipinski definition) is 2. The normalized spacial score (nSPS) is 19.4. The molecule has 1 aromatic carbocycles. The molecule has 0 unspecified atom stereocenters. The lowest BCUT2D eigenvalue weighted by Gasteiger charge is -2.27. The summed E-state index contributed by atoms with van der Waals surface area (Å²) in [7, 11) is 0. The van der Waals surface area contributed by atoms with E-state index in [0.29, 0.717) is 11.8 Å². The molecule has 0 saturated carbocycles. The fraction of sp³-hybridized carbons (Fsp3) is 0.467. The van der Waals surface area contributed by atoms with E-state index in [-0.39, 0.29) is 0 Å². The van der Waals surface area contributed by atoms with Crippen LogP contribution >= 0.6 is 0 Å². The zero-order valence-electron chi connectivity index (χ0n) is 11.6. The molecule has 3 heteroatoms. The number of benzene rings is 1. The van der Waals surface area contributed by atoms with Crippen molar-refractivity contribution in [1.29, 1.82) is 0 Å². The van der Waals surface area contributed by atoms with E-state index in [9.17, 15) is 0 Å². The van der Waals surface area contributed by atoms with Gasteiger partial charge in [0.15, 0.2) is 0 Å². The molecule has 1 heterocycles. The lowest BCUT2D eigenvalue weighted by molar-refractivity contribution is 0.345. The highest BCUT2D eigenvalue weighted by atomic mass is 16.5. The van der Waals surface area contributed by atoms with E-state index in [0.717, 1.165) is 23.9 Å². The molecule has 2 N–H and O–H groups in total. The largest absolute Gasteiger partial charge is 0.457 e. The summed E-state index contributed by atoms with van der Waals surface area (Å²) in [5.41, 5.74) is 2.22. The van der Waals surface area contributed by atoms with Crippen LogP contribution in [0.2, 0.25) is 0 Å². The zero-order valence-corrected chi connectivity index (χ0v) is 11.6. The fourth-order valence-electron chi connectivity index (χ4n) is 2.11. The molecule has 0 fully saturated rings. The molecule has 0 atom stereocenters. The Balaban J connectivity index is 2.43. The van der Waals surface area contributed by atoms with E-state index >= 15 is 0 Å². The molecular weight excluding hydrogens is 224 g/mol. The number of rotatable bonds is 2. The van der Waals surface area contributed by atoms with Crippen molar-refractivity contribution in [3.63, 3.8) is 0 Å². The van der Waals surface area contributed by atoms with Crippen LogP contribution in [0.3, 0.4) is 0 Å². The van der Waals surface area contributed by atoms with Crippen LogP contribution in [-0.2, 0) is 0 Å². The van der Waals surface area contributed by atoms with E-state index in [4.69, 9.17) is 4.74 Å². The zero-order chi connectivity index (χ0) is 13.1. The average molecular weight is 246 g/mol. The van der Waals surface area contributed by atoms with Crippen LogP contribution in [0.4, 0.5) is 5.69 Å². The summed E-state index contributed by atoms with van der Waals surface area (Å²) < 4.78 is 6.13. The Hall–Kier alpha value is -1.64. The first-order valence-electron chi connectivity index (χ1n) is 6.58. The number of fused-ring (bicyclic) bond motifs is 1. The van der Waals surface area contributed by atoms with Crippen molar-refractivity contribution in [1.82, 2.24) is 5.32 Å².